The third kappa shape index (κ3) is 18.5. The Bertz CT molecular complexity index is 2120. The number of amides is 4. The molecule has 0 aliphatic rings. The van der Waals surface area contributed by atoms with E-state index in [4.69, 9.17) is 31.6 Å². The maximum Gasteiger partial charge on any atom is 0.490 e. The number of carboxylic acids is 3. The number of aromatic nitrogens is 1. The summed E-state index contributed by atoms with van der Waals surface area (Å²) in [7, 11) is 0. The molecule has 0 radical (unpaired) electrons. The first-order valence-electron chi connectivity index (χ1n) is 19.6. The first-order chi connectivity index (χ1) is 30.3. The minimum absolute atomic E-state index is 0.0273. The summed E-state index contributed by atoms with van der Waals surface area (Å²) in [6.45, 7) is 4.40. The number of aliphatic carboxylic acids is 3. The van der Waals surface area contributed by atoms with Crippen molar-refractivity contribution in [2.24, 2.45) is 16.9 Å². The fraction of sp³-hybridized carbons (Fsp3) is 0.439. The second-order valence-corrected chi connectivity index (χ2v) is 16.6. The molecule has 2 aromatic carbocycles. The van der Waals surface area contributed by atoms with Gasteiger partial charge in [0.1, 0.15) is 24.3 Å². The molecule has 0 aliphatic carbocycles. The number of hydrogen-bond acceptors (Lipinski definition) is 11. The fourth-order valence-electron chi connectivity index (χ4n) is 6.05. The molecule has 0 aliphatic heterocycles. The number of carbonyl (C=O) groups is 7. The summed E-state index contributed by atoms with van der Waals surface area (Å²) in [5.74, 6) is -9.58. The van der Waals surface area contributed by atoms with Gasteiger partial charge in [-0.1, -0.05) is 51.1 Å². The number of nitrogens with one attached hydrogen (secondary N) is 3. The number of nitrogens with zero attached hydrogens (tertiary/aromatic N) is 2. The molecule has 3 aromatic rings. The van der Waals surface area contributed by atoms with Crippen LogP contribution in [0.2, 0.25) is 0 Å². The van der Waals surface area contributed by atoms with Crippen molar-refractivity contribution in [1.82, 2.24) is 25.4 Å². The molecule has 0 fully saturated rings. The Labute approximate surface area is 373 Å². The van der Waals surface area contributed by atoms with Gasteiger partial charge >= 0.3 is 24.1 Å². The van der Waals surface area contributed by atoms with E-state index in [9.17, 15) is 51.4 Å². The van der Waals surface area contributed by atoms with Gasteiger partial charge in [0.15, 0.2) is 0 Å². The van der Waals surface area contributed by atoms with Gasteiger partial charge in [-0.05, 0) is 41.7 Å². The molecule has 65 heavy (non-hydrogen) atoms. The van der Waals surface area contributed by atoms with Gasteiger partial charge in [0.25, 0.3) is 0 Å². The monoisotopic (exact) mass is 945 g/mol. The zero-order chi connectivity index (χ0) is 49.2. The Balaban J connectivity index is 0.00000191. The maximum atomic E-state index is 15.0. The highest BCUT2D eigenvalue weighted by atomic mass is 32.2. The molecule has 4 amide bonds. The Kier molecular flexibility index (Phi) is 21.5. The molecule has 0 saturated heterocycles. The minimum atomic E-state index is -5.08. The van der Waals surface area contributed by atoms with Gasteiger partial charge in [-0.25, -0.2) is 13.6 Å². The van der Waals surface area contributed by atoms with Gasteiger partial charge in [0, 0.05) is 54.9 Å². The molecule has 4 unspecified atom stereocenters. The van der Waals surface area contributed by atoms with Gasteiger partial charge in [0.2, 0.25) is 23.6 Å². The van der Waals surface area contributed by atoms with Crippen LogP contribution in [0.4, 0.5) is 22.0 Å². The smallest absolute Gasteiger partial charge is 0.481 e. The number of rotatable bonds is 22. The normalized spacial score (nSPS) is 13.2. The van der Waals surface area contributed by atoms with Gasteiger partial charge < -0.3 is 57.3 Å². The van der Waals surface area contributed by atoms with Crippen LogP contribution in [0.5, 0.6) is 0 Å². The van der Waals surface area contributed by atoms with Crippen LogP contribution in [0.25, 0.3) is 11.1 Å². The van der Waals surface area contributed by atoms with Gasteiger partial charge in [-0.3, -0.25) is 28.8 Å². The molecule has 4 atom stereocenters. The van der Waals surface area contributed by atoms with E-state index in [1.807, 2.05) is 55.7 Å². The maximum absolute atomic E-state index is 15.0. The van der Waals surface area contributed by atoms with Crippen molar-refractivity contribution in [3.63, 3.8) is 0 Å². The second-order valence-electron chi connectivity index (χ2n) is 15.3. The summed E-state index contributed by atoms with van der Waals surface area (Å²) in [5.41, 5.74) is 12.8. The van der Waals surface area contributed by atoms with Gasteiger partial charge in [-0.15, -0.1) is 11.8 Å². The molecule has 1 heterocycles. The van der Waals surface area contributed by atoms with Crippen molar-refractivity contribution in [3.05, 3.63) is 83.7 Å². The average molecular weight is 946 g/mol. The molecule has 11 N–H and O–H groups in total. The highest BCUT2D eigenvalue weighted by Crippen LogP contribution is 2.41. The number of thioether (sulfide) groups is 1. The van der Waals surface area contributed by atoms with E-state index in [0.717, 1.165) is 35.5 Å². The summed E-state index contributed by atoms with van der Waals surface area (Å²) >= 11 is 0.736. The largest absolute Gasteiger partial charge is 0.490 e. The summed E-state index contributed by atoms with van der Waals surface area (Å²) in [6.07, 6.45) is -4.07. The van der Waals surface area contributed by atoms with Crippen LogP contribution in [0.15, 0.2) is 60.8 Å². The van der Waals surface area contributed by atoms with E-state index in [0.29, 0.717) is 17.8 Å². The molecule has 1 aromatic heterocycles. The lowest BCUT2D eigenvalue weighted by Gasteiger charge is -2.41. The number of aliphatic hydroxyl groups is 1. The number of benzene rings is 2. The first kappa shape index (κ1) is 55.0. The van der Waals surface area contributed by atoms with E-state index in [2.05, 4.69) is 16.0 Å². The number of alkyl halides is 3. The second kappa shape index (κ2) is 25.4. The number of carbonyl (C=O) groups excluding carboxylic acids is 4. The molecule has 24 heteroatoms. The number of carboxylic acid groups (broad SMARTS) is 3. The van der Waals surface area contributed by atoms with E-state index < -0.39 is 108 Å². The Hall–Kier alpha value is -6.11. The zero-order valence-electron chi connectivity index (χ0n) is 35.4. The van der Waals surface area contributed by atoms with Crippen LogP contribution in [0.1, 0.15) is 50.9 Å². The van der Waals surface area contributed by atoms with E-state index in [1.165, 1.54) is 4.90 Å². The molecule has 358 valence electrons. The number of halogens is 5. The summed E-state index contributed by atoms with van der Waals surface area (Å²) in [5, 5.41) is 41.4. The SMILES string of the molecule is CC(C)(C)C(c1cc(-c2cc(F)ccc2F)cn1Cc1ccccc1)N(CCC(N)C(=O)NCCNC(=O)CNC(=O)C(CC(=O)O)SCC(N)C(=O)O)C(=O)CO.O=C(O)C(F)(F)F. The molecular formula is C41H52F5N7O11S. The predicted octanol–water partition coefficient (Wildman–Crippen LogP) is 2.08. The standard InChI is InChI=1S/C39H51F2N7O9S.C2HF3O2/c1-39(2,3)35(30-15-24(26-16-25(40)9-10-27(26)41)20-47(30)19-23-7-5-4-6-8-23)48(33(51)21-49)14-11-28(42)36(54)45-13-12-44-32(50)18-46-37(55)31(17-34(52)53)58-22-29(43)38(56)57;3-2(4,5)1(6)7/h4-10,15-16,20,28-29,31,35,49H,11-14,17-19,21-22,42-43H2,1-3H3,(H,44,50)(H,45,54)(H,46,55)(H,52,53)(H,56,57);(H,6,7). The van der Waals surface area contributed by atoms with E-state index in [-0.39, 0.29) is 37.4 Å². The van der Waals surface area contributed by atoms with E-state index in [1.54, 1.807) is 12.3 Å². The van der Waals surface area contributed by atoms with E-state index >= 15 is 4.39 Å². The lowest BCUT2D eigenvalue weighted by molar-refractivity contribution is -0.192. The highest BCUT2D eigenvalue weighted by molar-refractivity contribution is 8.00. The molecular weight excluding hydrogens is 894 g/mol. The minimum Gasteiger partial charge on any atom is -0.481 e. The van der Waals surface area contributed by atoms with Crippen LogP contribution in [-0.2, 0) is 40.1 Å². The zero-order valence-corrected chi connectivity index (χ0v) is 36.3. The molecule has 0 bridgehead atoms. The van der Waals surface area contributed by atoms with Crippen molar-refractivity contribution in [3.8, 4) is 11.1 Å². The summed E-state index contributed by atoms with van der Waals surface area (Å²) in [6, 6.07) is 11.0. The molecule has 0 saturated carbocycles. The number of hydrogen-bond donors (Lipinski definition) is 9. The van der Waals surface area contributed by atoms with Gasteiger partial charge in [0.05, 0.1) is 30.3 Å². The number of aliphatic hydroxyl groups excluding tert-OH is 1. The lowest BCUT2D eigenvalue weighted by Crippen LogP contribution is -2.48. The van der Waals surface area contributed by atoms with Crippen molar-refractivity contribution in [2.45, 2.75) is 69.7 Å². The van der Waals surface area contributed by atoms with Crippen molar-refractivity contribution in [1.29, 1.82) is 0 Å². The highest BCUT2D eigenvalue weighted by Gasteiger charge is 2.39. The fourth-order valence-corrected chi connectivity index (χ4v) is 7.13. The van der Waals surface area contributed by atoms with Gasteiger partial charge in [-0.2, -0.15) is 13.2 Å². The summed E-state index contributed by atoms with van der Waals surface area (Å²) < 4.78 is 62.9. The Morgan fingerprint density at radius 2 is 1.46 bits per heavy atom. The summed E-state index contributed by atoms with van der Waals surface area (Å²) in [4.78, 5) is 83.6. The quantitative estimate of drug-likeness (QED) is 0.0515. The van der Waals surface area contributed by atoms with Crippen molar-refractivity contribution < 1.29 is 75.9 Å². The van der Waals surface area contributed by atoms with Crippen LogP contribution < -0.4 is 27.4 Å². The third-order valence-corrected chi connectivity index (χ3v) is 10.4. The topological polar surface area (TPSA) is 297 Å². The number of nitrogens with two attached hydrogens (primary N) is 2. The predicted molar refractivity (Wildman–Crippen MR) is 226 cm³/mol. The molecule has 0 spiro atoms. The van der Waals surface area contributed by atoms with Crippen molar-refractivity contribution in [2.75, 3.05) is 38.5 Å². The Morgan fingerprint density at radius 3 is 2.02 bits per heavy atom. The van der Waals surface area contributed by atoms with Crippen LogP contribution in [-0.4, -0.2) is 133 Å². The lowest BCUT2D eigenvalue weighted by atomic mass is 9.82. The molecule has 3 rings (SSSR count). The van der Waals surface area contributed by atoms with Crippen molar-refractivity contribution >= 4 is 53.3 Å². The van der Waals surface area contributed by atoms with Crippen LogP contribution in [0.3, 0.4) is 0 Å². The molecule has 18 nitrogen and oxygen atoms in total. The first-order valence-corrected chi connectivity index (χ1v) is 20.6. The third-order valence-electron chi connectivity index (χ3n) is 9.11. The average Bonchev–Trinajstić information content (AvgIpc) is 3.63. The van der Waals surface area contributed by atoms with Crippen LogP contribution in [0, 0.1) is 17.0 Å². The van der Waals surface area contributed by atoms with Crippen LogP contribution >= 0.6 is 11.8 Å². The Morgan fingerprint density at radius 1 is 0.846 bits per heavy atom.